The molecule has 0 radical (unpaired) electrons. The van der Waals surface area contributed by atoms with Crippen LogP contribution >= 0.6 is 0 Å². The molecule has 1 amide bonds. The van der Waals surface area contributed by atoms with Crippen LogP contribution in [0, 0.1) is 5.41 Å². The molecule has 1 aromatic carbocycles. The molecule has 0 aromatic heterocycles. The van der Waals surface area contributed by atoms with Gasteiger partial charge in [0.05, 0.1) is 0 Å². The summed E-state index contributed by atoms with van der Waals surface area (Å²) in [5, 5.41) is 2.80. The molecule has 5 heteroatoms. The van der Waals surface area contributed by atoms with Crippen LogP contribution < -0.4 is 5.32 Å². The SMILES string of the molecule is C=C(CB1OCC(C)(C)CO1)C(=O)Nc1ccccc1. The summed E-state index contributed by atoms with van der Waals surface area (Å²) in [6.07, 6.45) is 0.384. The van der Waals surface area contributed by atoms with Crippen molar-refractivity contribution in [3.05, 3.63) is 42.5 Å². The summed E-state index contributed by atoms with van der Waals surface area (Å²) in [5.41, 5.74) is 1.24. The van der Waals surface area contributed by atoms with E-state index in [2.05, 4.69) is 25.7 Å². The maximum absolute atomic E-state index is 12.0. The Hall–Kier alpha value is -1.59. The van der Waals surface area contributed by atoms with Crippen molar-refractivity contribution in [2.75, 3.05) is 18.5 Å². The zero-order chi connectivity index (χ0) is 14.6. The Bertz CT molecular complexity index is 477. The molecule has 2 rings (SSSR count). The largest absolute Gasteiger partial charge is 0.461 e. The highest BCUT2D eigenvalue weighted by atomic mass is 16.6. The van der Waals surface area contributed by atoms with Gasteiger partial charge in [0.2, 0.25) is 5.91 Å². The van der Waals surface area contributed by atoms with Gasteiger partial charge in [-0.25, -0.2) is 0 Å². The fourth-order valence-corrected chi connectivity index (χ4v) is 1.88. The Morgan fingerprint density at radius 1 is 1.30 bits per heavy atom. The van der Waals surface area contributed by atoms with Crippen molar-refractivity contribution in [3.8, 4) is 0 Å². The predicted octanol–water partition coefficient (Wildman–Crippen LogP) is 2.74. The van der Waals surface area contributed by atoms with Crippen molar-refractivity contribution in [2.24, 2.45) is 5.41 Å². The van der Waals surface area contributed by atoms with Crippen molar-refractivity contribution >= 4 is 18.7 Å². The molecule has 1 aliphatic heterocycles. The zero-order valence-corrected chi connectivity index (χ0v) is 12.0. The molecule has 0 aliphatic carbocycles. The van der Waals surface area contributed by atoms with Gasteiger partial charge < -0.3 is 14.6 Å². The minimum absolute atomic E-state index is 0.0319. The van der Waals surface area contributed by atoms with E-state index in [1.807, 2.05) is 30.3 Å². The number of amides is 1. The Morgan fingerprint density at radius 2 is 1.90 bits per heavy atom. The van der Waals surface area contributed by atoms with Crippen molar-refractivity contribution in [2.45, 2.75) is 20.2 Å². The average Bonchev–Trinajstić information content (AvgIpc) is 2.42. The van der Waals surface area contributed by atoms with Crippen LogP contribution in [0.5, 0.6) is 0 Å². The molecular formula is C15H20BNO3. The molecule has 1 N–H and O–H groups in total. The fraction of sp³-hybridized carbons (Fsp3) is 0.400. The van der Waals surface area contributed by atoms with Crippen molar-refractivity contribution < 1.29 is 14.1 Å². The molecule has 4 nitrogen and oxygen atoms in total. The standard InChI is InChI=1S/C15H20BNO3/c1-12(9-16-19-10-15(2,3)11-20-16)14(18)17-13-7-5-4-6-8-13/h4-8H,1,9-11H2,2-3H3,(H,17,18). The van der Waals surface area contributed by atoms with Crippen molar-refractivity contribution in [1.82, 2.24) is 0 Å². The molecular weight excluding hydrogens is 253 g/mol. The zero-order valence-electron chi connectivity index (χ0n) is 12.0. The second-order valence-corrected chi connectivity index (χ2v) is 5.84. The first-order valence-corrected chi connectivity index (χ1v) is 6.74. The Balaban J connectivity index is 1.82. The second kappa shape index (κ2) is 6.24. The molecule has 20 heavy (non-hydrogen) atoms. The van der Waals surface area contributed by atoms with E-state index in [0.29, 0.717) is 25.1 Å². The maximum atomic E-state index is 12.0. The monoisotopic (exact) mass is 273 g/mol. The Labute approximate surface area is 120 Å². The number of benzene rings is 1. The second-order valence-electron chi connectivity index (χ2n) is 5.84. The van der Waals surface area contributed by atoms with Crippen LogP contribution in [0.15, 0.2) is 42.5 Å². The highest BCUT2D eigenvalue weighted by Gasteiger charge is 2.33. The van der Waals surface area contributed by atoms with Gasteiger partial charge in [-0.05, 0) is 12.1 Å². The number of nitrogens with one attached hydrogen (secondary N) is 1. The summed E-state index contributed by atoms with van der Waals surface area (Å²) in [7, 11) is -0.378. The van der Waals surface area contributed by atoms with Gasteiger partial charge in [-0.1, -0.05) is 38.6 Å². The summed E-state index contributed by atoms with van der Waals surface area (Å²) >= 11 is 0. The molecule has 1 fully saturated rings. The number of carbonyl (C=O) groups excluding carboxylic acids is 1. The normalized spacial score (nSPS) is 17.6. The number of hydrogen-bond donors (Lipinski definition) is 1. The highest BCUT2D eigenvalue weighted by Crippen LogP contribution is 2.24. The first-order chi connectivity index (χ1) is 9.46. The molecule has 0 atom stereocenters. The van der Waals surface area contributed by atoms with Crippen LogP contribution in [0.25, 0.3) is 0 Å². The van der Waals surface area contributed by atoms with Gasteiger partial charge in [0.1, 0.15) is 0 Å². The van der Waals surface area contributed by atoms with E-state index in [1.165, 1.54) is 0 Å². The summed E-state index contributed by atoms with van der Waals surface area (Å²) in [6, 6.07) is 9.31. The number of hydrogen-bond acceptors (Lipinski definition) is 3. The van der Waals surface area contributed by atoms with E-state index < -0.39 is 0 Å². The van der Waals surface area contributed by atoms with E-state index in [1.54, 1.807) is 0 Å². The van der Waals surface area contributed by atoms with E-state index in [0.717, 1.165) is 5.69 Å². The third kappa shape index (κ3) is 4.22. The molecule has 0 spiro atoms. The topological polar surface area (TPSA) is 47.6 Å². The summed E-state index contributed by atoms with van der Waals surface area (Å²) in [6.45, 7) is 9.24. The predicted molar refractivity (Wildman–Crippen MR) is 80.5 cm³/mol. The van der Waals surface area contributed by atoms with Gasteiger partial charge in [0.25, 0.3) is 0 Å². The number of para-hydroxylation sites is 1. The van der Waals surface area contributed by atoms with E-state index >= 15 is 0 Å². The molecule has 0 bridgehead atoms. The van der Waals surface area contributed by atoms with E-state index in [-0.39, 0.29) is 18.4 Å². The van der Waals surface area contributed by atoms with Crippen LogP contribution in [0.4, 0.5) is 5.69 Å². The first-order valence-electron chi connectivity index (χ1n) is 6.74. The Kier molecular flexibility index (Phi) is 4.63. The van der Waals surface area contributed by atoms with Gasteiger partial charge >= 0.3 is 7.12 Å². The molecule has 106 valence electrons. The lowest BCUT2D eigenvalue weighted by Crippen LogP contribution is -2.41. The highest BCUT2D eigenvalue weighted by molar-refractivity contribution is 6.46. The van der Waals surface area contributed by atoms with Crippen LogP contribution in [0.1, 0.15) is 13.8 Å². The van der Waals surface area contributed by atoms with Gasteiger partial charge in [-0.3, -0.25) is 4.79 Å². The van der Waals surface area contributed by atoms with Crippen molar-refractivity contribution in [3.63, 3.8) is 0 Å². The van der Waals surface area contributed by atoms with Crippen LogP contribution in [-0.4, -0.2) is 26.2 Å². The van der Waals surface area contributed by atoms with Crippen LogP contribution in [0.2, 0.25) is 6.32 Å². The molecule has 1 aromatic rings. The molecule has 1 aliphatic rings. The minimum atomic E-state index is -0.378. The minimum Gasteiger partial charge on any atom is -0.410 e. The third-order valence-electron chi connectivity index (χ3n) is 3.09. The van der Waals surface area contributed by atoms with Crippen LogP contribution in [-0.2, 0) is 14.1 Å². The van der Waals surface area contributed by atoms with Gasteiger partial charge in [-0.2, -0.15) is 0 Å². The van der Waals surface area contributed by atoms with E-state index in [4.69, 9.17) is 9.31 Å². The number of carbonyl (C=O) groups is 1. The fourth-order valence-electron chi connectivity index (χ4n) is 1.88. The van der Waals surface area contributed by atoms with Gasteiger partial charge in [0, 0.05) is 36.2 Å². The maximum Gasteiger partial charge on any atom is 0.461 e. The average molecular weight is 273 g/mol. The molecule has 1 saturated heterocycles. The van der Waals surface area contributed by atoms with E-state index in [9.17, 15) is 4.79 Å². The first kappa shape index (κ1) is 14.8. The lowest BCUT2D eigenvalue weighted by molar-refractivity contribution is -0.112. The Morgan fingerprint density at radius 3 is 2.50 bits per heavy atom. The summed E-state index contributed by atoms with van der Waals surface area (Å²) in [4.78, 5) is 12.0. The lowest BCUT2D eigenvalue weighted by Gasteiger charge is -2.33. The summed E-state index contributed by atoms with van der Waals surface area (Å²) < 4.78 is 11.2. The quantitative estimate of drug-likeness (QED) is 0.677. The van der Waals surface area contributed by atoms with Gasteiger partial charge in [-0.15, -0.1) is 0 Å². The van der Waals surface area contributed by atoms with Gasteiger partial charge in [0.15, 0.2) is 0 Å². The lowest BCUT2D eigenvalue weighted by atomic mass is 9.77. The van der Waals surface area contributed by atoms with Crippen LogP contribution in [0.3, 0.4) is 0 Å². The molecule has 0 unspecified atom stereocenters. The molecule has 0 saturated carbocycles. The third-order valence-corrected chi connectivity index (χ3v) is 3.09. The number of anilines is 1. The summed E-state index contributed by atoms with van der Waals surface area (Å²) in [5.74, 6) is -0.201. The molecule has 1 heterocycles. The van der Waals surface area contributed by atoms with Crippen molar-refractivity contribution in [1.29, 1.82) is 0 Å². The smallest absolute Gasteiger partial charge is 0.410 e. The number of rotatable bonds is 4.